The van der Waals surface area contributed by atoms with Gasteiger partial charge in [-0.2, -0.15) is 0 Å². The summed E-state index contributed by atoms with van der Waals surface area (Å²) in [5.41, 5.74) is 5.38. The van der Waals surface area contributed by atoms with Crippen molar-refractivity contribution in [2.24, 2.45) is 5.92 Å². The van der Waals surface area contributed by atoms with E-state index in [0.717, 1.165) is 13.0 Å². The van der Waals surface area contributed by atoms with Gasteiger partial charge in [-0.3, -0.25) is 4.90 Å². The zero-order valence-corrected chi connectivity index (χ0v) is 11.1. The first-order chi connectivity index (χ1) is 9.28. The molecule has 2 heterocycles. The number of nitrogens with one attached hydrogen (secondary N) is 1. The van der Waals surface area contributed by atoms with Crippen LogP contribution in [0.15, 0.2) is 30.5 Å². The maximum atomic E-state index is 9.47. The van der Waals surface area contributed by atoms with Gasteiger partial charge >= 0.3 is 0 Å². The lowest BCUT2D eigenvalue weighted by atomic mass is 9.80. The molecule has 0 bridgehead atoms. The van der Waals surface area contributed by atoms with E-state index in [9.17, 15) is 5.11 Å². The van der Waals surface area contributed by atoms with E-state index in [2.05, 4.69) is 47.4 Å². The summed E-state index contributed by atoms with van der Waals surface area (Å²) in [7, 11) is 2.16. The molecule has 1 aromatic carbocycles. The molecule has 98 valence electrons. The number of likely N-dealkylation sites (N-methyl/N-ethyl adjacent to an activating group) is 1. The monoisotopic (exact) mass is 254 g/mol. The third-order valence-corrected chi connectivity index (χ3v) is 4.58. The first-order valence-electron chi connectivity index (χ1n) is 6.90. The Hall–Kier alpha value is -1.58. The molecule has 3 nitrogen and oxygen atoms in total. The van der Waals surface area contributed by atoms with E-state index in [1.165, 1.54) is 27.6 Å². The van der Waals surface area contributed by atoms with Gasteiger partial charge in [-0.1, -0.05) is 18.2 Å². The second-order valence-corrected chi connectivity index (χ2v) is 5.77. The summed E-state index contributed by atoms with van der Waals surface area (Å²) in [6.07, 6.45) is 5.50. The standard InChI is InChI=1S/C16H18N2O/c1-18-8-10(9-19)5-13-12-3-2-4-14-16(12)11(7-17-14)6-15(13)18/h2-5,7,10,15,17,19H,6,8-9H2,1H3/t10-,15+/m0/s1. The maximum absolute atomic E-state index is 9.47. The van der Waals surface area contributed by atoms with Crippen LogP contribution in [0.2, 0.25) is 0 Å². The number of hydrogen-bond donors (Lipinski definition) is 2. The van der Waals surface area contributed by atoms with Gasteiger partial charge < -0.3 is 10.1 Å². The molecule has 0 saturated heterocycles. The van der Waals surface area contributed by atoms with E-state index in [1.54, 1.807) is 0 Å². The molecule has 19 heavy (non-hydrogen) atoms. The molecule has 2 aliphatic rings. The molecule has 0 amide bonds. The number of fused-ring (bicyclic) bond motifs is 2. The third kappa shape index (κ3) is 1.52. The molecule has 2 aromatic rings. The van der Waals surface area contributed by atoms with E-state index in [-0.39, 0.29) is 12.5 Å². The second-order valence-electron chi connectivity index (χ2n) is 5.77. The molecule has 2 N–H and O–H groups in total. The number of nitrogens with zero attached hydrogens (tertiary/aromatic N) is 1. The van der Waals surface area contributed by atoms with E-state index in [0.29, 0.717) is 6.04 Å². The fourth-order valence-corrected chi connectivity index (χ4v) is 3.66. The van der Waals surface area contributed by atoms with Gasteiger partial charge in [0.15, 0.2) is 0 Å². The van der Waals surface area contributed by atoms with Crippen molar-refractivity contribution in [3.05, 3.63) is 41.6 Å². The molecule has 1 aliphatic carbocycles. The average Bonchev–Trinajstić information content (AvgIpc) is 2.85. The molecule has 1 aliphatic heterocycles. The number of rotatable bonds is 1. The van der Waals surface area contributed by atoms with Gasteiger partial charge in [0.2, 0.25) is 0 Å². The van der Waals surface area contributed by atoms with Crippen molar-refractivity contribution in [3.63, 3.8) is 0 Å². The van der Waals surface area contributed by atoms with E-state index in [1.807, 2.05) is 0 Å². The van der Waals surface area contributed by atoms with Crippen LogP contribution in [-0.2, 0) is 6.42 Å². The number of aliphatic hydroxyl groups is 1. The molecule has 0 spiro atoms. The first-order valence-corrected chi connectivity index (χ1v) is 6.90. The zero-order chi connectivity index (χ0) is 13.0. The summed E-state index contributed by atoms with van der Waals surface area (Å²) in [6, 6.07) is 6.92. The second kappa shape index (κ2) is 3.95. The van der Waals surface area contributed by atoms with Crippen LogP contribution in [0.3, 0.4) is 0 Å². The molecular formula is C16H18N2O. The van der Waals surface area contributed by atoms with Gasteiger partial charge in [-0.25, -0.2) is 0 Å². The highest BCUT2D eigenvalue weighted by Crippen LogP contribution is 2.40. The van der Waals surface area contributed by atoms with Crippen molar-refractivity contribution in [2.75, 3.05) is 20.2 Å². The van der Waals surface area contributed by atoms with Crippen molar-refractivity contribution in [1.29, 1.82) is 0 Å². The lowest BCUT2D eigenvalue weighted by Gasteiger charge is -2.39. The Morgan fingerprint density at radius 3 is 3.16 bits per heavy atom. The normalized spacial score (nSPS) is 26.3. The van der Waals surface area contributed by atoms with Crippen LogP contribution in [0.5, 0.6) is 0 Å². The van der Waals surface area contributed by atoms with Gasteiger partial charge in [0, 0.05) is 35.6 Å². The lowest BCUT2D eigenvalue weighted by Crippen LogP contribution is -2.43. The molecule has 2 atom stereocenters. The summed E-state index contributed by atoms with van der Waals surface area (Å²) in [5.74, 6) is 0.256. The quantitative estimate of drug-likeness (QED) is 0.817. The topological polar surface area (TPSA) is 39.3 Å². The molecule has 0 saturated carbocycles. The highest BCUT2D eigenvalue weighted by atomic mass is 16.3. The Labute approximate surface area is 112 Å². The van der Waals surface area contributed by atoms with Crippen LogP contribution in [0.4, 0.5) is 0 Å². The zero-order valence-electron chi connectivity index (χ0n) is 11.1. The van der Waals surface area contributed by atoms with Crippen LogP contribution in [0, 0.1) is 5.92 Å². The fourth-order valence-electron chi connectivity index (χ4n) is 3.66. The Bertz CT molecular complexity index is 670. The van der Waals surface area contributed by atoms with Crippen molar-refractivity contribution < 1.29 is 5.11 Å². The summed E-state index contributed by atoms with van der Waals surface area (Å²) in [5, 5.41) is 10.8. The number of benzene rings is 1. The van der Waals surface area contributed by atoms with Crippen molar-refractivity contribution in [1.82, 2.24) is 9.88 Å². The Kier molecular flexibility index (Phi) is 2.34. The Morgan fingerprint density at radius 2 is 2.32 bits per heavy atom. The van der Waals surface area contributed by atoms with Crippen LogP contribution in [0.1, 0.15) is 11.1 Å². The summed E-state index contributed by atoms with van der Waals surface area (Å²) >= 11 is 0. The minimum Gasteiger partial charge on any atom is -0.396 e. The first kappa shape index (κ1) is 11.3. The summed E-state index contributed by atoms with van der Waals surface area (Å²) < 4.78 is 0. The molecule has 0 radical (unpaired) electrons. The Morgan fingerprint density at radius 1 is 1.42 bits per heavy atom. The smallest absolute Gasteiger partial charge is 0.0506 e. The van der Waals surface area contributed by atoms with Gasteiger partial charge in [-0.15, -0.1) is 0 Å². The van der Waals surface area contributed by atoms with Crippen LogP contribution in [-0.4, -0.2) is 41.2 Å². The summed E-state index contributed by atoms with van der Waals surface area (Å²) in [6.45, 7) is 1.18. The maximum Gasteiger partial charge on any atom is 0.0506 e. The lowest BCUT2D eigenvalue weighted by molar-refractivity contribution is 0.181. The molecule has 0 unspecified atom stereocenters. The largest absolute Gasteiger partial charge is 0.396 e. The number of H-pyrrole nitrogens is 1. The van der Waals surface area contributed by atoms with E-state index in [4.69, 9.17) is 0 Å². The molecule has 4 rings (SSSR count). The van der Waals surface area contributed by atoms with Crippen molar-refractivity contribution in [2.45, 2.75) is 12.5 Å². The van der Waals surface area contributed by atoms with Gasteiger partial charge in [-0.05, 0) is 36.2 Å². The summed E-state index contributed by atoms with van der Waals surface area (Å²) in [4.78, 5) is 5.75. The number of hydrogen-bond acceptors (Lipinski definition) is 2. The van der Waals surface area contributed by atoms with E-state index >= 15 is 0 Å². The third-order valence-electron chi connectivity index (χ3n) is 4.58. The van der Waals surface area contributed by atoms with E-state index < -0.39 is 0 Å². The van der Waals surface area contributed by atoms with Crippen LogP contribution < -0.4 is 0 Å². The minimum absolute atomic E-state index is 0.233. The average molecular weight is 254 g/mol. The number of aliphatic hydroxyl groups excluding tert-OH is 1. The highest BCUT2D eigenvalue weighted by Gasteiger charge is 2.33. The van der Waals surface area contributed by atoms with Crippen molar-refractivity contribution in [3.8, 4) is 0 Å². The predicted octanol–water partition coefficient (Wildman–Crippen LogP) is 2.03. The van der Waals surface area contributed by atoms with Crippen LogP contribution >= 0.6 is 0 Å². The Balaban J connectivity index is 1.97. The van der Waals surface area contributed by atoms with Gasteiger partial charge in [0.05, 0.1) is 6.61 Å². The van der Waals surface area contributed by atoms with Crippen molar-refractivity contribution >= 4 is 16.5 Å². The molecule has 3 heteroatoms. The predicted molar refractivity (Wildman–Crippen MR) is 77.0 cm³/mol. The van der Waals surface area contributed by atoms with Gasteiger partial charge in [0.25, 0.3) is 0 Å². The number of aromatic amines is 1. The molecule has 1 aromatic heterocycles. The van der Waals surface area contributed by atoms with Gasteiger partial charge in [0.1, 0.15) is 0 Å². The highest BCUT2D eigenvalue weighted by molar-refractivity contribution is 5.98. The minimum atomic E-state index is 0.233. The fraction of sp³-hybridized carbons (Fsp3) is 0.375. The SMILES string of the molecule is CN1C[C@@H](CO)C=C2c3cccc4[nH]cc(c34)C[C@H]21. The molecule has 0 fully saturated rings. The number of aromatic nitrogens is 1. The van der Waals surface area contributed by atoms with Crippen LogP contribution in [0.25, 0.3) is 16.5 Å². The molecular weight excluding hydrogens is 236 g/mol.